The number of rotatable bonds is 5. The lowest BCUT2D eigenvalue weighted by Gasteiger charge is -2.11. The molecule has 6 nitrogen and oxygen atoms in total. The number of hydrogen-bond donors (Lipinski definition) is 1. The third kappa shape index (κ3) is 3.03. The number of para-hydroxylation sites is 2. The maximum atomic E-state index is 11.8. The Hall–Kier alpha value is -2.21. The SMILES string of the molecule is COc1ccccc1OCCn1cnc(Cl)c(N)c1=O. The van der Waals surface area contributed by atoms with Gasteiger partial charge in [-0.15, -0.1) is 0 Å². The predicted molar refractivity (Wildman–Crippen MR) is 76.4 cm³/mol. The maximum absolute atomic E-state index is 11.8. The molecule has 1 aromatic carbocycles. The van der Waals surface area contributed by atoms with E-state index in [9.17, 15) is 4.79 Å². The molecule has 0 aliphatic carbocycles. The summed E-state index contributed by atoms with van der Waals surface area (Å²) in [4.78, 5) is 15.6. The van der Waals surface area contributed by atoms with Gasteiger partial charge < -0.3 is 15.2 Å². The van der Waals surface area contributed by atoms with Crippen molar-refractivity contribution < 1.29 is 9.47 Å². The van der Waals surface area contributed by atoms with Gasteiger partial charge in [-0.3, -0.25) is 9.36 Å². The van der Waals surface area contributed by atoms with Gasteiger partial charge >= 0.3 is 0 Å². The molecule has 7 heteroatoms. The van der Waals surface area contributed by atoms with Crippen LogP contribution in [-0.4, -0.2) is 23.3 Å². The molecule has 0 atom stereocenters. The van der Waals surface area contributed by atoms with Crippen LogP contribution in [-0.2, 0) is 6.54 Å². The van der Waals surface area contributed by atoms with Crippen molar-refractivity contribution in [2.75, 3.05) is 19.5 Å². The van der Waals surface area contributed by atoms with Gasteiger partial charge in [-0.05, 0) is 12.1 Å². The second-order valence-corrected chi connectivity index (χ2v) is 4.30. The molecule has 0 saturated carbocycles. The van der Waals surface area contributed by atoms with Crippen LogP contribution in [0.15, 0.2) is 35.4 Å². The quantitative estimate of drug-likeness (QED) is 0.847. The molecule has 20 heavy (non-hydrogen) atoms. The number of hydrogen-bond acceptors (Lipinski definition) is 5. The highest BCUT2D eigenvalue weighted by Gasteiger charge is 2.07. The smallest absolute Gasteiger partial charge is 0.278 e. The molecule has 0 spiro atoms. The van der Waals surface area contributed by atoms with E-state index in [0.717, 1.165) is 0 Å². The molecule has 2 N–H and O–H groups in total. The molecule has 0 bridgehead atoms. The fourth-order valence-electron chi connectivity index (χ4n) is 1.64. The van der Waals surface area contributed by atoms with Gasteiger partial charge in [0.1, 0.15) is 12.3 Å². The summed E-state index contributed by atoms with van der Waals surface area (Å²) >= 11 is 5.66. The molecule has 1 heterocycles. The Kier molecular flexibility index (Phi) is 4.47. The number of halogens is 1. The van der Waals surface area contributed by atoms with E-state index in [0.29, 0.717) is 18.0 Å². The third-order valence-electron chi connectivity index (χ3n) is 2.68. The second kappa shape index (κ2) is 6.29. The molecule has 0 radical (unpaired) electrons. The Morgan fingerprint density at radius 1 is 1.35 bits per heavy atom. The largest absolute Gasteiger partial charge is 0.493 e. The van der Waals surface area contributed by atoms with Crippen LogP contribution in [0.25, 0.3) is 0 Å². The zero-order valence-corrected chi connectivity index (χ0v) is 11.6. The molecule has 106 valence electrons. The third-order valence-corrected chi connectivity index (χ3v) is 2.98. The topological polar surface area (TPSA) is 79.4 Å². The van der Waals surface area contributed by atoms with Crippen molar-refractivity contribution in [2.45, 2.75) is 6.54 Å². The number of nitrogen functional groups attached to an aromatic ring is 1. The monoisotopic (exact) mass is 295 g/mol. The van der Waals surface area contributed by atoms with E-state index < -0.39 is 0 Å². The molecule has 0 unspecified atom stereocenters. The van der Waals surface area contributed by atoms with Gasteiger partial charge in [-0.1, -0.05) is 23.7 Å². The van der Waals surface area contributed by atoms with Crippen LogP contribution in [0, 0.1) is 0 Å². The zero-order chi connectivity index (χ0) is 14.5. The molecule has 0 amide bonds. The summed E-state index contributed by atoms with van der Waals surface area (Å²) in [5.74, 6) is 1.24. The average Bonchev–Trinajstić information content (AvgIpc) is 2.47. The first-order valence-electron chi connectivity index (χ1n) is 5.89. The van der Waals surface area contributed by atoms with E-state index in [-0.39, 0.29) is 23.0 Å². The summed E-state index contributed by atoms with van der Waals surface area (Å²) in [6, 6.07) is 7.27. The standard InChI is InChI=1S/C13H14ClN3O3/c1-19-9-4-2-3-5-10(9)20-7-6-17-8-16-12(14)11(15)13(17)18/h2-5,8H,6-7,15H2,1H3. The van der Waals surface area contributed by atoms with Crippen molar-refractivity contribution >= 4 is 17.3 Å². The summed E-state index contributed by atoms with van der Waals surface area (Å²) in [5.41, 5.74) is 5.08. The molecule has 0 fully saturated rings. The molecule has 2 aromatic rings. The number of nitrogens with two attached hydrogens (primary N) is 1. The van der Waals surface area contributed by atoms with Gasteiger partial charge in [-0.25, -0.2) is 4.98 Å². The Morgan fingerprint density at radius 3 is 2.75 bits per heavy atom. The van der Waals surface area contributed by atoms with E-state index in [1.165, 1.54) is 10.9 Å². The van der Waals surface area contributed by atoms with Crippen LogP contribution in [0.1, 0.15) is 0 Å². The van der Waals surface area contributed by atoms with Gasteiger partial charge in [0.15, 0.2) is 16.7 Å². The van der Waals surface area contributed by atoms with Crippen LogP contribution in [0.4, 0.5) is 5.69 Å². The summed E-state index contributed by atoms with van der Waals surface area (Å²) in [7, 11) is 1.57. The highest BCUT2D eigenvalue weighted by Crippen LogP contribution is 2.25. The van der Waals surface area contributed by atoms with E-state index in [1.807, 2.05) is 12.1 Å². The minimum absolute atomic E-state index is 0.0110. The zero-order valence-electron chi connectivity index (χ0n) is 10.9. The van der Waals surface area contributed by atoms with Crippen LogP contribution >= 0.6 is 11.6 Å². The molecular formula is C13H14ClN3O3. The Balaban J connectivity index is 2.03. The lowest BCUT2D eigenvalue weighted by Crippen LogP contribution is -2.26. The molecular weight excluding hydrogens is 282 g/mol. The highest BCUT2D eigenvalue weighted by molar-refractivity contribution is 6.31. The van der Waals surface area contributed by atoms with Gasteiger partial charge in [0.05, 0.1) is 20.0 Å². The van der Waals surface area contributed by atoms with Crippen molar-refractivity contribution in [3.8, 4) is 11.5 Å². The fourth-order valence-corrected chi connectivity index (χ4v) is 1.76. The van der Waals surface area contributed by atoms with Crippen molar-refractivity contribution in [2.24, 2.45) is 0 Å². The summed E-state index contributed by atoms with van der Waals surface area (Å²) in [6.45, 7) is 0.592. The van der Waals surface area contributed by atoms with Gasteiger partial charge in [0, 0.05) is 0 Å². The lowest BCUT2D eigenvalue weighted by atomic mass is 10.3. The van der Waals surface area contributed by atoms with E-state index in [2.05, 4.69) is 4.98 Å². The molecule has 0 aliphatic rings. The summed E-state index contributed by atoms with van der Waals surface area (Å²) in [5, 5.41) is 0.0110. The molecule has 2 rings (SSSR count). The number of methoxy groups -OCH3 is 1. The lowest BCUT2D eigenvalue weighted by molar-refractivity contribution is 0.278. The number of nitrogens with zero attached hydrogens (tertiary/aromatic N) is 2. The van der Waals surface area contributed by atoms with Gasteiger partial charge in [-0.2, -0.15) is 0 Å². The van der Waals surface area contributed by atoms with E-state index >= 15 is 0 Å². The number of aromatic nitrogens is 2. The average molecular weight is 296 g/mol. The molecule has 0 saturated heterocycles. The first-order valence-corrected chi connectivity index (χ1v) is 6.27. The Labute approximate surface area is 120 Å². The van der Waals surface area contributed by atoms with Gasteiger partial charge in [0.2, 0.25) is 0 Å². The van der Waals surface area contributed by atoms with Crippen LogP contribution in [0.3, 0.4) is 0 Å². The molecule has 0 aliphatic heterocycles. The first kappa shape index (κ1) is 14.2. The van der Waals surface area contributed by atoms with Crippen LogP contribution in [0.2, 0.25) is 5.15 Å². The summed E-state index contributed by atoms with van der Waals surface area (Å²) in [6.07, 6.45) is 1.34. The van der Waals surface area contributed by atoms with Crippen molar-refractivity contribution in [3.63, 3.8) is 0 Å². The van der Waals surface area contributed by atoms with Gasteiger partial charge in [0.25, 0.3) is 5.56 Å². The van der Waals surface area contributed by atoms with Crippen molar-refractivity contribution in [1.29, 1.82) is 0 Å². The minimum atomic E-state index is -0.381. The first-order chi connectivity index (χ1) is 9.63. The fraction of sp³-hybridized carbons (Fsp3) is 0.231. The number of benzene rings is 1. The molecule has 1 aromatic heterocycles. The Bertz CT molecular complexity index is 658. The normalized spacial score (nSPS) is 10.3. The number of ether oxygens (including phenoxy) is 2. The van der Waals surface area contributed by atoms with E-state index in [4.69, 9.17) is 26.8 Å². The van der Waals surface area contributed by atoms with Crippen LogP contribution < -0.4 is 20.8 Å². The minimum Gasteiger partial charge on any atom is -0.493 e. The highest BCUT2D eigenvalue weighted by atomic mass is 35.5. The maximum Gasteiger partial charge on any atom is 0.278 e. The second-order valence-electron chi connectivity index (χ2n) is 3.95. The predicted octanol–water partition coefficient (Wildman–Crippen LogP) is 1.57. The summed E-state index contributed by atoms with van der Waals surface area (Å²) < 4.78 is 12.1. The van der Waals surface area contributed by atoms with E-state index in [1.54, 1.807) is 19.2 Å². The van der Waals surface area contributed by atoms with Crippen molar-refractivity contribution in [1.82, 2.24) is 9.55 Å². The van der Waals surface area contributed by atoms with Crippen molar-refractivity contribution in [3.05, 3.63) is 46.1 Å². The number of anilines is 1. The van der Waals surface area contributed by atoms with Crippen LogP contribution in [0.5, 0.6) is 11.5 Å². The Morgan fingerprint density at radius 2 is 2.05 bits per heavy atom.